The number of halogens is 1. The molecule has 1 aromatic heterocycles. The monoisotopic (exact) mass is 268 g/mol. The van der Waals surface area contributed by atoms with Crippen LogP contribution in [0.25, 0.3) is 10.2 Å². The molecule has 17 heavy (non-hydrogen) atoms. The van der Waals surface area contributed by atoms with Crippen molar-refractivity contribution in [2.45, 2.75) is 32.6 Å². The number of benzene rings is 1. The van der Waals surface area contributed by atoms with Crippen LogP contribution in [0, 0.1) is 0 Å². The SMILES string of the molecule is CCCCCCNc1c(Cl)ccc2scnc12. The van der Waals surface area contributed by atoms with Crippen LogP contribution in [0.2, 0.25) is 5.02 Å². The van der Waals surface area contributed by atoms with Crippen molar-refractivity contribution < 1.29 is 0 Å². The predicted octanol–water partition coefficient (Wildman–Crippen LogP) is 4.94. The Hall–Kier alpha value is -0.800. The van der Waals surface area contributed by atoms with E-state index in [1.807, 2.05) is 17.6 Å². The molecule has 1 heterocycles. The summed E-state index contributed by atoms with van der Waals surface area (Å²) in [7, 11) is 0. The number of nitrogens with zero attached hydrogens (tertiary/aromatic N) is 1. The molecule has 1 aromatic carbocycles. The molecular weight excluding hydrogens is 252 g/mol. The van der Waals surface area contributed by atoms with E-state index in [0.29, 0.717) is 0 Å². The number of thiazole rings is 1. The van der Waals surface area contributed by atoms with Crippen molar-refractivity contribution >= 4 is 38.8 Å². The van der Waals surface area contributed by atoms with Crippen LogP contribution in [0.5, 0.6) is 0 Å². The highest BCUT2D eigenvalue weighted by molar-refractivity contribution is 7.16. The Bertz CT molecular complexity index is 481. The first-order valence-corrected chi connectivity index (χ1v) is 7.34. The maximum absolute atomic E-state index is 6.20. The molecule has 0 atom stereocenters. The maximum Gasteiger partial charge on any atom is 0.106 e. The summed E-state index contributed by atoms with van der Waals surface area (Å²) >= 11 is 7.85. The molecule has 2 rings (SSSR count). The molecule has 0 radical (unpaired) electrons. The van der Waals surface area contributed by atoms with Crippen molar-refractivity contribution in [3.63, 3.8) is 0 Å². The van der Waals surface area contributed by atoms with Crippen molar-refractivity contribution in [2.24, 2.45) is 0 Å². The molecule has 0 spiro atoms. The molecule has 92 valence electrons. The van der Waals surface area contributed by atoms with E-state index in [0.717, 1.165) is 22.8 Å². The Morgan fingerprint density at radius 2 is 2.18 bits per heavy atom. The second-order valence-corrected chi connectivity index (χ2v) is 5.40. The van der Waals surface area contributed by atoms with Gasteiger partial charge in [0.25, 0.3) is 0 Å². The van der Waals surface area contributed by atoms with Crippen molar-refractivity contribution in [3.05, 3.63) is 22.7 Å². The van der Waals surface area contributed by atoms with Gasteiger partial charge in [-0.2, -0.15) is 0 Å². The molecule has 2 nitrogen and oxygen atoms in total. The largest absolute Gasteiger partial charge is 0.382 e. The number of hydrogen-bond acceptors (Lipinski definition) is 3. The van der Waals surface area contributed by atoms with Gasteiger partial charge in [-0.25, -0.2) is 4.98 Å². The minimum atomic E-state index is 0.763. The van der Waals surface area contributed by atoms with Crippen molar-refractivity contribution in [1.29, 1.82) is 0 Å². The summed E-state index contributed by atoms with van der Waals surface area (Å²) in [5.41, 5.74) is 3.85. The molecule has 0 saturated heterocycles. The third-order valence-corrected chi connectivity index (χ3v) is 3.89. The average molecular weight is 269 g/mol. The van der Waals surface area contributed by atoms with E-state index in [9.17, 15) is 0 Å². The zero-order chi connectivity index (χ0) is 12.1. The molecule has 0 fully saturated rings. The van der Waals surface area contributed by atoms with E-state index in [1.165, 1.54) is 30.4 Å². The van der Waals surface area contributed by atoms with E-state index >= 15 is 0 Å². The third-order valence-electron chi connectivity index (χ3n) is 2.78. The summed E-state index contributed by atoms with van der Waals surface area (Å²) < 4.78 is 1.19. The second-order valence-electron chi connectivity index (χ2n) is 4.11. The number of nitrogens with one attached hydrogen (secondary N) is 1. The van der Waals surface area contributed by atoms with Crippen LogP contribution in [0.3, 0.4) is 0 Å². The van der Waals surface area contributed by atoms with Crippen LogP contribution < -0.4 is 5.32 Å². The summed E-state index contributed by atoms with van der Waals surface area (Å²) in [5, 5.41) is 4.18. The summed E-state index contributed by atoms with van der Waals surface area (Å²) in [6, 6.07) is 3.97. The van der Waals surface area contributed by atoms with Crippen molar-refractivity contribution in [2.75, 3.05) is 11.9 Å². The molecule has 0 saturated carbocycles. The zero-order valence-corrected chi connectivity index (χ0v) is 11.6. The number of aromatic nitrogens is 1. The van der Waals surface area contributed by atoms with E-state index in [4.69, 9.17) is 11.6 Å². The number of rotatable bonds is 6. The van der Waals surface area contributed by atoms with Crippen molar-refractivity contribution in [1.82, 2.24) is 4.98 Å². The van der Waals surface area contributed by atoms with E-state index in [2.05, 4.69) is 17.2 Å². The number of fused-ring (bicyclic) bond motifs is 1. The van der Waals surface area contributed by atoms with Crippen LogP contribution >= 0.6 is 22.9 Å². The van der Waals surface area contributed by atoms with E-state index in [-0.39, 0.29) is 0 Å². The van der Waals surface area contributed by atoms with Gasteiger partial charge in [0, 0.05) is 6.54 Å². The fourth-order valence-corrected chi connectivity index (χ4v) is 2.74. The second kappa shape index (κ2) is 6.22. The topological polar surface area (TPSA) is 24.9 Å². The first-order chi connectivity index (χ1) is 8.33. The fourth-order valence-electron chi connectivity index (χ4n) is 1.84. The first kappa shape index (κ1) is 12.7. The number of hydrogen-bond donors (Lipinski definition) is 1. The molecule has 0 aliphatic rings. The highest BCUT2D eigenvalue weighted by Crippen LogP contribution is 2.32. The lowest BCUT2D eigenvalue weighted by Gasteiger charge is -2.08. The summed E-state index contributed by atoms with van der Waals surface area (Å²) in [4.78, 5) is 4.37. The standard InChI is InChI=1S/C13H17ClN2S/c1-2-3-4-5-8-15-12-10(14)6-7-11-13(12)16-9-17-11/h6-7,9,15H,2-5,8H2,1H3. The van der Waals surface area contributed by atoms with Crippen LogP contribution in [-0.2, 0) is 0 Å². The molecule has 0 amide bonds. The number of anilines is 1. The molecule has 1 N–H and O–H groups in total. The van der Waals surface area contributed by atoms with Crippen LogP contribution in [0.1, 0.15) is 32.6 Å². The van der Waals surface area contributed by atoms with Gasteiger partial charge < -0.3 is 5.32 Å². The highest BCUT2D eigenvalue weighted by atomic mass is 35.5. The number of unbranched alkanes of at least 4 members (excludes halogenated alkanes) is 3. The normalized spacial score (nSPS) is 10.9. The Balaban J connectivity index is 2.02. The molecule has 0 bridgehead atoms. The smallest absolute Gasteiger partial charge is 0.106 e. The van der Waals surface area contributed by atoms with Crippen LogP contribution in [0.4, 0.5) is 5.69 Å². The lowest BCUT2D eigenvalue weighted by Crippen LogP contribution is -2.02. The Labute approximate surface area is 111 Å². The van der Waals surface area contributed by atoms with Gasteiger partial charge in [-0.1, -0.05) is 37.8 Å². The van der Waals surface area contributed by atoms with E-state index < -0.39 is 0 Å². The molecule has 0 aliphatic carbocycles. The predicted molar refractivity (Wildman–Crippen MR) is 77.3 cm³/mol. The van der Waals surface area contributed by atoms with Gasteiger partial charge in [-0.05, 0) is 18.6 Å². The average Bonchev–Trinajstić information content (AvgIpc) is 2.79. The van der Waals surface area contributed by atoms with Crippen molar-refractivity contribution in [3.8, 4) is 0 Å². The summed E-state index contributed by atoms with van der Waals surface area (Å²) in [6.07, 6.45) is 5.03. The quantitative estimate of drug-likeness (QED) is 0.751. The maximum atomic E-state index is 6.20. The van der Waals surface area contributed by atoms with Gasteiger partial charge >= 0.3 is 0 Å². The van der Waals surface area contributed by atoms with E-state index in [1.54, 1.807) is 11.3 Å². The lowest BCUT2D eigenvalue weighted by atomic mass is 10.2. The summed E-state index contributed by atoms with van der Waals surface area (Å²) in [5.74, 6) is 0. The van der Waals surface area contributed by atoms with Gasteiger partial charge in [0.15, 0.2) is 0 Å². The van der Waals surface area contributed by atoms with Gasteiger partial charge in [0.05, 0.1) is 20.9 Å². The molecule has 2 aromatic rings. The first-order valence-electron chi connectivity index (χ1n) is 6.08. The van der Waals surface area contributed by atoms with Gasteiger partial charge in [-0.15, -0.1) is 11.3 Å². The van der Waals surface area contributed by atoms with Gasteiger partial charge in [0.2, 0.25) is 0 Å². The molecule has 4 heteroatoms. The molecular formula is C13H17ClN2S. The third kappa shape index (κ3) is 3.11. The van der Waals surface area contributed by atoms with Crippen LogP contribution in [-0.4, -0.2) is 11.5 Å². The Morgan fingerprint density at radius 3 is 3.00 bits per heavy atom. The van der Waals surface area contributed by atoms with Crippen LogP contribution in [0.15, 0.2) is 17.6 Å². The van der Waals surface area contributed by atoms with Gasteiger partial charge in [-0.3, -0.25) is 0 Å². The van der Waals surface area contributed by atoms with Gasteiger partial charge in [0.1, 0.15) is 5.52 Å². The highest BCUT2D eigenvalue weighted by Gasteiger charge is 2.07. The minimum absolute atomic E-state index is 0.763. The Morgan fingerprint density at radius 1 is 1.29 bits per heavy atom. The lowest BCUT2D eigenvalue weighted by molar-refractivity contribution is 0.685. The Kier molecular flexibility index (Phi) is 4.63. The summed E-state index contributed by atoms with van der Waals surface area (Å²) in [6.45, 7) is 3.19. The molecule has 0 aliphatic heterocycles. The molecule has 0 unspecified atom stereocenters. The minimum Gasteiger partial charge on any atom is -0.382 e. The fraction of sp³-hybridized carbons (Fsp3) is 0.462. The zero-order valence-electron chi connectivity index (χ0n) is 10.0.